The molecular formula is C28H36N4O4. The number of carboxylic acid groups (broad SMARTS) is 1. The Morgan fingerprint density at radius 1 is 0.972 bits per heavy atom. The maximum atomic E-state index is 10.9. The number of phenolic OH excluding ortho intramolecular Hbond substituents is 1. The maximum absolute atomic E-state index is 10.9. The van der Waals surface area contributed by atoms with Gasteiger partial charge in [-0.25, -0.2) is 0 Å². The fourth-order valence-corrected chi connectivity index (χ4v) is 3.80. The van der Waals surface area contributed by atoms with Crippen molar-refractivity contribution in [3.8, 4) is 5.75 Å². The highest BCUT2D eigenvalue weighted by Gasteiger charge is 2.10. The van der Waals surface area contributed by atoms with Crippen molar-refractivity contribution in [1.29, 1.82) is 0 Å². The fraction of sp³-hybridized carbons (Fsp3) is 0.286. The number of para-hydroxylation sites is 2. The number of nitrogens with two attached hydrogens (primary N) is 3. The maximum Gasteiger partial charge on any atom is 0.320 e. The van der Waals surface area contributed by atoms with Crippen LogP contribution in [0.2, 0.25) is 0 Å². The SMILES string of the molecule is CCn1c2ccccc2c2cc(C=O)ccc21.NCCCCC(N)C(=O)O.NCc1ccccc1O. The first-order chi connectivity index (χ1) is 17.4. The lowest BCUT2D eigenvalue weighted by atomic mass is 10.1. The summed E-state index contributed by atoms with van der Waals surface area (Å²) in [6, 6.07) is 20.5. The Morgan fingerprint density at radius 3 is 2.22 bits per heavy atom. The van der Waals surface area contributed by atoms with Crippen molar-refractivity contribution in [2.45, 2.75) is 45.3 Å². The van der Waals surface area contributed by atoms with E-state index < -0.39 is 12.0 Å². The number of carbonyl (C=O) groups is 2. The van der Waals surface area contributed by atoms with E-state index in [1.54, 1.807) is 18.2 Å². The highest BCUT2D eigenvalue weighted by atomic mass is 16.4. The molecule has 0 aliphatic carbocycles. The first-order valence-electron chi connectivity index (χ1n) is 12.0. The summed E-state index contributed by atoms with van der Waals surface area (Å²) in [7, 11) is 0. The second-order valence-corrected chi connectivity index (χ2v) is 8.22. The Bertz CT molecular complexity index is 1270. The summed E-state index contributed by atoms with van der Waals surface area (Å²) in [6.45, 7) is 4.07. The summed E-state index contributed by atoms with van der Waals surface area (Å²) in [6.07, 6.45) is 3.06. The van der Waals surface area contributed by atoms with E-state index in [2.05, 4.69) is 23.6 Å². The Kier molecular flexibility index (Phi) is 11.6. The number of aliphatic carboxylic acids is 1. The van der Waals surface area contributed by atoms with Crippen LogP contribution in [-0.2, 0) is 17.9 Å². The van der Waals surface area contributed by atoms with E-state index in [1.165, 1.54) is 16.4 Å². The number of carbonyl (C=O) groups excluding carboxylic acids is 1. The molecule has 8 nitrogen and oxygen atoms in total. The summed E-state index contributed by atoms with van der Waals surface area (Å²) in [5.41, 5.74) is 19.7. The number of fused-ring (bicyclic) bond motifs is 3. The zero-order valence-corrected chi connectivity index (χ0v) is 20.6. The van der Waals surface area contributed by atoms with Crippen LogP contribution in [0.4, 0.5) is 0 Å². The number of carboxylic acids is 1. The predicted molar refractivity (Wildman–Crippen MR) is 145 cm³/mol. The van der Waals surface area contributed by atoms with Crippen LogP contribution in [-0.4, -0.2) is 39.6 Å². The van der Waals surface area contributed by atoms with E-state index in [0.717, 1.165) is 42.2 Å². The first-order valence-corrected chi connectivity index (χ1v) is 12.0. The second-order valence-electron chi connectivity index (χ2n) is 8.22. The van der Waals surface area contributed by atoms with Crippen molar-refractivity contribution in [1.82, 2.24) is 4.57 Å². The van der Waals surface area contributed by atoms with Crippen LogP contribution in [0.15, 0.2) is 66.7 Å². The molecule has 4 rings (SSSR count). The highest BCUT2D eigenvalue weighted by Crippen LogP contribution is 2.29. The number of aromatic hydroxyl groups is 1. The van der Waals surface area contributed by atoms with Gasteiger partial charge < -0.3 is 32.0 Å². The van der Waals surface area contributed by atoms with Gasteiger partial charge in [-0.15, -0.1) is 0 Å². The molecule has 0 radical (unpaired) electrons. The number of aldehydes is 1. The molecule has 1 aromatic heterocycles. The molecule has 1 unspecified atom stereocenters. The standard InChI is InChI=1S/C15H13NO.C7H9NO.C6H14N2O2/c1-2-16-14-6-4-3-5-12(14)13-9-11(10-17)7-8-15(13)16;8-5-6-3-1-2-4-7(6)9;7-4-2-1-3-5(8)6(9)10/h3-10H,2H2,1H3;1-4,9H,5,8H2;5H,1-4,7-8H2,(H,9,10). The van der Waals surface area contributed by atoms with Crippen LogP contribution in [0.1, 0.15) is 42.1 Å². The van der Waals surface area contributed by atoms with Crippen LogP contribution in [0.25, 0.3) is 21.8 Å². The molecule has 1 atom stereocenters. The van der Waals surface area contributed by atoms with Gasteiger partial charge in [0.05, 0.1) is 0 Å². The smallest absolute Gasteiger partial charge is 0.320 e. The monoisotopic (exact) mass is 492 g/mol. The van der Waals surface area contributed by atoms with Gasteiger partial charge in [0.2, 0.25) is 0 Å². The van der Waals surface area contributed by atoms with Gasteiger partial charge in [0.1, 0.15) is 18.1 Å². The highest BCUT2D eigenvalue weighted by molar-refractivity contribution is 6.09. The van der Waals surface area contributed by atoms with Crippen LogP contribution < -0.4 is 17.2 Å². The van der Waals surface area contributed by atoms with Crippen molar-refractivity contribution in [2.24, 2.45) is 17.2 Å². The zero-order chi connectivity index (χ0) is 26.5. The van der Waals surface area contributed by atoms with E-state index in [9.17, 15) is 9.59 Å². The Labute approximate surface area is 211 Å². The molecule has 192 valence electrons. The van der Waals surface area contributed by atoms with Crippen LogP contribution in [0, 0.1) is 0 Å². The lowest BCUT2D eigenvalue weighted by Crippen LogP contribution is -2.29. The molecule has 0 aliphatic rings. The van der Waals surface area contributed by atoms with E-state index in [0.29, 0.717) is 19.5 Å². The number of aryl methyl sites for hydroxylation is 1. The Hall–Kier alpha value is -3.72. The lowest BCUT2D eigenvalue weighted by Gasteiger charge is -2.03. The van der Waals surface area contributed by atoms with Gasteiger partial charge in [0.25, 0.3) is 0 Å². The predicted octanol–water partition coefficient (Wildman–Crippen LogP) is 4.01. The van der Waals surface area contributed by atoms with Gasteiger partial charge in [-0.2, -0.15) is 0 Å². The van der Waals surface area contributed by atoms with Crippen molar-refractivity contribution in [2.75, 3.05) is 6.54 Å². The lowest BCUT2D eigenvalue weighted by molar-refractivity contribution is -0.138. The summed E-state index contributed by atoms with van der Waals surface area (Å²) in [4.78, 5) is 21.0. The van der Waals surface area contributed by atoms with E-state index >= 15 is 0 Å². The van der Waals surface area contributed by atoms with Gasteiger partial charge in [-0.3, -0.25) is 9.59 Å². The molecule has 0 saturated carbocycles. The van der Waals surface area contributed by atoms with Gasteiger partial charge in [-0.05, 0) is 56.6 Å². The van der Waals surface area contributed by atoms with E-state index in [-0.39, 0.29) is 5.75 Å². The number of hydrogen-bond donors (Lipinski definition) is 5. The molecule has 0 aliphatic heterocycles. The van der Waals surface area contributed by atoms with E-state index in [4.69, 9.17) is 27.4 Å². The first kappa shape index (κ1) is 28.5. The number of hydrogen-bond acceptors (Lipinski definition) is 6. The number of unbranched alkanes of at least 4 members (excludes halogenated alkanes) is 1. The quantitative estimate of drug-likeness (QED) is 0.184. The normalized spacial score (nSPS) is 11.2. The van der Waals surface area contributed by atoms with Crippen molar-refractivity contribution < 1.29 is 19.8 Å². The third-order valence-electron chi connectivity index (χ3n) is 5.75. The van der Waals surface area contributed by atoms with Crippen molar-refractivity contribution in [3.63, 3.8) is 0 Å². The van der Waals surface area contributed by atoms with Crippen molar-refractivity contribution in [3.05, 3.63) is 77.9 Å². The molecule has 4 aromatic rings. The third kappa shape index (κ3) is 7.64. The van der Waals surface area contributed by atoms with Gasteiger partial charge >= 0.3 is 5.97 Å². The number of aromatic nitrogens is 1. The summed E-state index contributed by atoms with van der Waals surface area (Å²) in [5, 5.41) is 19.7. The molecule has 0 amide bonds. The minimum absolute atomic E-state index is 0.278. The molecule has 0 fully saturated rings. The summed E-state index contributed by atoms with van der Waals surface area (Å²) >= 11 is 0. The number of phenols is 1. The average Bonchev–Trinajstić information content (AvgIpc) is 3.22. The molecule has 8 heteroatoms. The van der Waals surface area contributed by atoms with Gasteiger partial charge in [0.15, 0.2) is 0 Å². The Balaban J connectivity index is 0.000000207. The molecule has 0 bridgehead atoms. The molecule has 0 saturated heterocycles. The fourth-order valence-electron chi connectivity index (χ4n) is 3.80. The molecule has 1 heterocycles. The average molecular weight is 493 g/mol. The summed E-state index contributed by atoms with van der Waals surface area (Å²) < 4.78 is 2.28. The number of rotatable bonds is 8. The second kappa shape index (κ2) is 14.6. The van der Waals surface area contributed by atoms with E-state index in [1.807, 2.05) is 36.4 Å². The van der Waals surface area contributed by atoms with Crippen LogP contribution in [0.5, 0.6) is 5.75 Å². The van der Waals surface area contributed by atoms with Gasteiger partial charge in [0, 0.05) is 46.0 Å². The number of benzene rings is 3. The topological polar surface area (TPSA) is 158 Å². The molecule has 0 spiro atoms. The minimum atomic E-state index is -0.933. The number of nitrogens with zero attached hydrogens (tertiary/aromatic N) is 1. The zero-order valence-electron chi connectivity index (χ0n) is 20.6. The molecule has 36 heavy (non-hydrogen) atoms. The Morgan fingerprint density at radius 2 is 1.64 bits per heavy atom. The van der Waals surface area contributed by atoms with Crippen LogP contribution >= 0.6 is 0 Å². The molecule has 3 aromatic carbocycles. The molecular weight excluding hydrogens is 456 g/mol. The molecule has 8 N–H and O–H groups in total. The summed E-state index contributed by atoms with van der Waals surface area (Å²) in [5.74, 6) is -0.656. The van der Waals surface area contributed by atoms with Crippen LogP contribution in [0.3, 0.4) is 0 Å². The van der Waals surface area contributed by atoms with Crippen molar-refractivity contribution >= 4 is 34.1 Å². The van der Waals surface area contributed by atoms with Gasteiger partial charge in [-0.1, -0.05) is 42.8 Å². The minimum Gasteiger partial charge on any atom is -0.508 e. The third-order valence-corrected chi connectivity index (χ3v) is 5.75. The largest absolute Gasteiger partial charge is 0.508 e.